The molecule has 0 aliphatic heterocycles. The summed E-state index contributed by atoms with van der Waals surface area (Å²) >= 11 is 0. The van der Waals surface area contributed by atoms with Crippen molar-refractivity contribution < 1.29 is 0 Å². The molecule has 2 rings (SSSR count). The lowest BCUT2D eigenvalue weighted by molar-refractivity contribution is 1.45. The Labute approximate surface area is 95.9 Å². The van der Waals surface area contributed by atoms with E-state index in [9.17, 15) is 0 Å². The number of nitrogen functional groups attached to an aromatic ring is 2. The lowest BCUT2D eigenvalue weighted by Crippen LogP contribution is -1.99. The van der Waals surface area contributed by atoms with E-state index in [1.165, 1.54) is 5.56 Å². The molecule has 82 valence electrons. The molecule has 0 fully saturated rings. The minimum absolute atomic E-state index is 0.670. The largest absolute Gasteiger partial charge is 0.397 e. The summed E-state index contributed by atoms with van der Waals surface area (Å²) in [4.78, 5) is 0. The predicted molar refractivity (Wildman–Crippen MR) is 70.2 cm³/mol. The smallest absolute Gasteiger partial charge is 0.0630 e. The van der Waals surface area contributed by atoms with E-state index in [0.717, 1.165) is 16.7 Å². The minimum Gasteiger partial charge on any atom is -0.397 e. The van der Waals surface area contributed by atoms with Gasteiger partial charge >= 0.3 is 0 Å². The molecule has 16 heavy (non-hydrogen) atoms. The van der Waals surface area contributed by atoms with E-state index in [2.05, 4.69) is 31.2 Å². The molecule has 0 radical (unpaired) electrons. The second-order valence-corrected chi connectivity index (χ2v) is 4.12. The zero-order chi connectivity index (χ0) is 11.7. The Morgan fingerprint density at radius 1 is 0.750 bits per heavy atom. The lowest BCUT2D eigenvalue weighted by Gasteiger charge is -2.10. The van der Waals surface area contributed by atoms with Crippen LogP contribution in [0.3, 0.4) is 0 Å². The number of rotatable bonds is 1. The number of aryl methyl sites for hydroxylation is 2. The molecule has 0 spiro atoms. The third-order valence-corrected chi connectivity index (χ3v) is 2.87. The summed E-state index contributed by atoms with van der Waals surface area (Å²) < 4.78 is 0. The average molecular weight is 212 g/mol. The molecule has 0 saturated carbocycles. The highest BCUT2D eigenvalue weighted by molar-refractivity contribution is 5.85. The maximum atomic E-state index is 6.03. The fourth-order valence-corrected chi connectivity index (χ4v) is 1.73. The molecule has 0 unspecified atom stereocenters. The molecule has 4 N–H and O–H groups in total. The second kappa shape index (κ2) is 3.89. The van der Waals surface area contributed by atoms with E-state index >= 15 is 0 Å². The van der Waals surface area contributed by atoms with Crippen LogP contribution < -0.4 is 11.5 Å². The Bertz CT molecular complexity index is 513. The highest BCUT2D eigenvalue weighted by Crippen LogP contribution is 2.32. The van der Waals surface area contributed by atoms with Gasteiger partial charge in [-0.15, -0.1) is 0 Å². The van der Waals surface area contributed by atoms with Gasteiger partial charge < -0.3 is 11.5 Å². The monoisotopic (exact) mass is 212 g/mol. The SMILES string of the molecule is Cc1ccc(-c2ccc(C)c(N)c2N)cc1. The van der Waals surface area contributed by atoms with Crippen LogP contribution in [0.15, 0.2) is 36.4 Å². The Kier molecular flexibility index (Phi) is 2.57. The number of hydrogen-bond acceptors (Lipinski definition) is 2. The molecule has 2 heteroatoms. The average Bonchev–Trinajstić information content (AvgIpc) is 2.28. The topological polar surface area (TPSA) is 52.0 Å². The van der Waals surface area contributed by atoms with Crippen LogP contribution in [-0.2, 0) is 0 Å². The molecule has 0 bridgehead atoms. The van der Waals surface area contributed by atoms with Gasteiger partial charge in [0.25, 0.3) is 0 Å². The summed E-state index contributed by atoms with van der Waals surface area (Å²) in [6.07, 6.45) is 0. The number of benzene rings is 2. The van der Waals surface area contributed by atoms with E-state index in [1.54, 1.807) is 0 Å². The third kappa shape index (κ3) is 1.74. The van der Waals surface area contributed by atoms with E-state index in [4.69, 9.17) is 11.5 Å². The normalized spacial score (nSPS) is 10.4. The quantitative estimate of drug-likeness (QED) is 0.713. The summed E-state index contributed by atoms with van der Waals surface area (Å²) in [5.74, 6) is 0. The highest BCUT2D eigenvalue weighted by Gasteiger charge is 2.06. The molecule has 0 atom stereocenters. The summed E-state index contributed by atoms with van der Waals surface area (Å²) in [6, 6.07) is 12.3. The number of anilines is 2. The molecule has 0 aliphatic rings. The van der Waals surface area contributed by atoms with Gasteiger partial charge in [-0.05, 0) is 25.0 Å². The fourth-order valence-electron chi connectivity index (χ4n) is 1.73. The molecule has 2 nitrogen and oxygen atoms in total. The second-order valence-electron chi connectivity index (χ2n) is 4.12. The van der Waals surface area contributed by atoms with Crippen molar-refractivity contribution in [1.82, 2.24) is 0 Å². The number of nitrogens with two attached hydrogens (primary N) is 2. The van der Waals surface area contributed by atoms with Gasteiger partial charge in [-0.2, -0.15) is 0 Å². The Morgan fingerprint density at radius 2 is 1.38 bits per heavy atom. The molecule has 0 aromatic heterocycles. The maximum absolute atomic E-state index is 6.03. The fraction of sp³-hybridized carbons (Fsp3) is 0.143. The first-order valence-corrected chi connectivity index (χ1v) is 5.31. The van der Waals surface area contributed by atoms with Gasteiger partial charge in [-0.1, -0.05) is 42.0 Å². The Morgan fingerprint density at radius 3 is 2.00 bits per heavy atom. The molecule has 0 heterocycles. The van der Waals surface area contributed by atoms with Crippen molar-refractivity contribution in [3.63, 3.8) is 0 Å². The van der Waals surface area contributed by atoms with Crippen molar-refractivity contribution >= 4 is 11.4 Å². The van der Waals surface area contributed by atoms with Crippen molar-refractivity contribution in [2.75, 3.05) is 11.5 Å². The van der Waals surface area contributed by atoms with Crippen LogP contribution >= 0.6 is 0 Å². The summed E-state index contributed by atoms with van der Waals surface area (Å²) in [5.41, 5.74) is 17.7. The van der Waals surface area contributed by atoms with Crippen molar-refractivity contribution in [1.29, 1.82) is 0 Å². The first kappa shape index (κ1) is 10.6. The summed E-state index contributed by atoms with van der Waals surface area (Å²) in [7, 11) is 0. The van der Waals surface area contributed by atoms with E-state index in [-0.39, 0.29) is 0 Å². The van der Waals surface area contributed by atoms with Crippen molar-refractivity contribution in [2.24, 2.45) is 0 Å². The molecular weight excluding hydrogens is 196 g/mol. The van der Waals surface area contributed by atoms with Crippen LogP contribution in [0.4, 0.5) is 11.4 Å². The van der Waals surface area contributed by atoms with Crippen LogP contribution in [0, 0.1) is 13.8 Å². The van der Waals surface area contributed by atoms with Crippen molar-refractivity contribution in [3.8, 4) is 11.1 Å². The third-order valence-electron chi connectivity index (χ3n) is 2.87. The van der Waals surface area contributed by atoms with E-state index in [1.807, 2.05) is 19.1 Å². The van der Waals surface area contributed by atoms with Gasteiger partial charge in [0.1, 0.15) is 0 Å². The van der Waals surface area contributed by atoms with Crippen LogP contribution in [0.2, 0.25) is 0 Å². The van der Waals surface area contributed by atoms with Crippen LogP contribution in [0.25, 0.3) is 11.1 Å². The van der Waals surface area contributed by atoms with Gasteiger partial charge in [0.05, 0.1) is 11.4 Å². The van der Waals surface area contributed by atoms with Crippen molar-refractivity contribution in [2.45, 2.75) is 13.8 Å². The van der Waals surface area contributed by atoms with Gasteiger partial charge in [0, 0.05) is 5.56 Å². The summed E-state index contributed by atoms with van der Waals surface area (Å²) in [5, 5.41) is 0. The van der Waals surface area contributed by atoms with Gasteiger partial charge in [0.2, 0.25) is 0 Å². The van der Waals surface area contributed by atoms with E-state index in [0.29, 0.717) is 11.4 Å². The molecule has 2 aromatic carbocycles. The van der Waals surface area contributed by atoms with Crippen LogP contribution in [0.5, 0.6) is 0 Å². The molecule has 0 aliphatic carbocycles. The van der Waals surface area contributed by atoms with Crippen LogP contribution in [-0.4, -0.2) is 0 Å². The van der Waals surface area contributed by atoms with E-state index < -0.39 is 0 Å². The summed E-state index contributed by atoms with van der Waals surface area (Å²) in [6.45, 7) is 4.03. The van der Waals surface area contributed by atoms with Crippen LogP contribution in [0.1, 0.15) is 11.1 Å². The highest BCUT2D eigenvalue weighted by atomic mass is 14.7. The first-order valence-electron chi connectivity index (χ1n) is 5.31. The molecule has 0 saturated heterocycles. The zero-order valence-corrected chi connectivity index (χ0v) is 9.62. The lowest BCUT2D eigenvalue weighted by atomic mass is 9.99. The van der Waals surface area contributed by atoms with Gasteiger partial charge in [0.15, 0.2) is 0 Å². The van der Waals surface area contributed by atoms with Crippen molar-refractivity contribution in [3.05, 3.63) is 47.5 Å². The molecule has 2 aromatic rings. The Hall–Kier alpha value is -1.96. The Balaban J connectivity index is 2.57. The number of hydrogen-bond donors (Lipinski definition) is 2. The standard InChI is InChI=1S/C14H16N2/c1-9-3-6-11(7-4-9)12-8-5-10(2)13(15)14(12)16/h3-8H,15-16H2,1-2H3. The predicted octanol–water partition coefficient (Wildman–Crippen LogP) is 3.13. The maximum Gasteiger partial charge on any atom is 0.0630 e. The molecule has 0 amide bonds. The van der Waals surface area contributed by atoms with Gasteiger partial charge in [-0.3, -0.25) is 0 Å². The molecular formula is C14H16N2. The zero-order valence-electron chi connectivity index (χ0n) is 9.62. The minimum atomic E-state index is 0.670. The van der Waals surface area contributed by atoms with Gasteiger partial charge in [-0.25, -0.2) is 0 Å². The first-order chi connectivity index (χ1) is 7.59.